The number of benzene rings is 1. The van der Waals surface area contributed by atoms with Gasteiger partial charge in [0.25, 0.3) is 0 Å². The number of halogens is 2. The molecule has 1 unspecified atom stereocenters. The smallest absolute Gasteiger partial charge is 0.306 e. The highest BCUT2D eigenvalue weighted by Gasteiger charge is 2.38. The maximum Gasteiger partial charge on any atom is 0.306 e. The van der Waals surface area contributed by atoms with E-state index in [1.807, 2.05) is 13.8 Å². The van der Waals surface area contributed by atoms with E-state index in [2.05, 4.69) is 55.2 Å². The zero-order valence-corrected chi connectivity index (χ0v) is 15.8. The van der Waals surface area contributed by atoms with Gasteiger partial charge >= 0.3 is 5.97 Å². The van der Waals surface area contributed by atoms with E-state index in [1.54, 1.807) is 12.1 Å². The molecule has 0 saturated carbocycles. The van der Waals surface area contributed by atoms with Crippen molar-refractivity contribution in [1.82, 2.24) is 0 Å². The molecule has 7 heteroatoms. The summed E-state index contributed by atoms with van der Waals surface area (Å²) in [6.07, 6.45) is 0.527. The second-order valence-corrected chi connectivity index (χ2v) is 7.20. The van der Waals surface area contributed by atoms with Crippen LogP contribution in [0.4, 0.5) is 0 Å². The fourth-order valence-electron chi connectivity index (χ4n) is 2.27. The number of aliphatic carboxylic acids is 1. The first-order chi connectivity index (χ1) is 9.79. The maximum atomic E-state index is 11.1. The third kappa shape index (κ3) is 3.22. The summed E-state index contributed by atoms with van der Waals surface area (Å²) in [6.45, 7) is 3.73. The van der Waals surface area contributed by atoms with Crippen LogP contribution in [0.3, 0.4) is 0 Å². The van der Waals surface area contributed by atoms with Gasteiger partial charge < -0.3 is 10.2 Å². The van der Waals surface area contributed by atoms with Crippen molar-refractivity contribution >= 4 is 62.7 Å². The van der Waals surface area contributed by atoms with Crippen molar-refractivity contribution < 1.29 is 15.0 Å². The lowest BCUT2D eigenvalue weighted by atomic mass is 9.88. The summed E-state index contributed by atoms with van der Waals surface area (Å²) in [5.74, 6) is -0.107. The number of carboxylic acids is 1. The SMILES string of the molecule is CCC1(CC(=O)O)N=C(c2cc(I)c(O)c(I)c2)N=C1C. The highest BCUT2D eigenvalue weighted by molar-refractivity contribution is 14.1. The molecular weight excluding hydrogens is 498 g/mol. The van der Waals surface area contributed by atoms with Gasteiger partial charge in [-0.05, 0) is 70.7 Å². The minimum Gasteiger partial charge on any atom is -0.506 e. The minimum atomic E-state index is -0.883. The number of nitrogens with zero attached hydrogens (tertiary/aromatic N) is 2. The Balaban J connectivity index is 2.49. The molecule has 0 aliphatic carbocycles. The van der Waals surface area contributed by atoms with Crippen LogP contribution >= 0.6 is 45.2 Å². The Kier molecular flexibility index (Phi) is 4.91. The quantitative estimate of drug-likeness (QED) is 0.607. The normalized spacial score (nSPS) is 21.1. The third-order valence-corrected chi connectivity index (χ3v) is 5.22. The molecule has 2 N–H and O–H groups in total. The molecule has 21 heavy (non-hydrogen) atoms. The maximum absolute atomic E-state index is 11.1. The fraction of sp³-hybridized carbons (Fsp3) is 0.357. The molecule has 5 nitrogen and oxygen atoms in total. The number of hydrogen-bond donors (Lipinski definition) is 2. The summed E-state index contributed by atoms with van der Waals surface area (Å²) >= 11 is 4.11. The lowest BCUT2D eigenvalue weighted by Gasteiger charge is -2.22. The van der Waals surface area contributed by atoms with Crippen molar-refractivity contribution in [2.75, 3.05) is 0 Å². The molecule has 1 heterocycles. The average molecular weight is 512 g/mol. The molecule has 2 rings (SSSR count). The van der Waals surface area contributed by atoms with E-state index in [-0.39, 0.29) is 12.2 Å². The van der Waals surface area contributed by atoms with Crippen molar-refractivity contribution in [2.24, 2.45) is 9.98 Å². The number of rotatable bonds is 4. The molecule has 1 aromatic carbocycles. The van der Waals surface area contributed by atoms with Crippen LogP contribution in [0.25, 0.3) is 0 Å². The molecule has 1 aliphatic heterocycles. The Hall–Kier alpha value is -0.710. The van der Waals surface area contributed by atoms with Crippen molar-refractivity contribution in [3.63, 3.8) is 0 Å². The Morgan fingerprint density at radius 2 is 1.90 bits per heavy atom. The fourth-order valence-corrected chi connectivity index (χ4v) is 4.04. The number of phenolic OH excluding ortho intramolecular Hbond substituents is 1. The van der Waals surface area contributed by atoms with E-state index in [1.165, 1.54) is 0 Å². The Morgan fingerprint density at radius 1 is 1.33 bits per heavy atom. The lowest BCUT2D eigenvalue weighted by molar-refractivity contribution is -0.137. The summed E-state index contributed by atoms with van der Waals surface area (Å²) < 4.78 is 1.44. The minimum absolute atomic E-state index is 0.0609. The molecule has 0 spiro atoms. The molecule has 0 bridgehead atoms. The number of hydrogen-bond acceptors (Lipinski definition) is 4. The van der Waals surface area contributed by atoms with Crippen LogP contribution in [0, 0.1) is 7.14 Å². The predicted octanol–water partition coefficient (Wildman–Crippen LogP) is 3.45. The van der Waals surface area contributed by atoms with Gasteiger partial charge in [-0.1, -0.05) is 6.92 Å². The molecule has 0 radical (unpaired) electrons. The Bertz CT molecular complexity index is 647. The van der Waals surface area contributed by atoms with Gasteiger partial charge in [0.05, 0.1) is 13.6 Å². The van der Waals surface area contributed by atoms with Crippen LogP contribution in [0.5, 0.6) is 5.75 Å². The largest absolute Gasteiger partial charge is 0.506 e. The topological polar surface area (TPSA) is 82.2 Å². The van der Waals surface area contributed by atoms with E-state index in [0.29, 0.717) is 12.3 Å². The van der Waals surface area contributed by atoms with Gasteiger partial charge in [0, 0.05) is 11.3 Å². The lowest BCUT2D eigenvalue weighted by Crippen LogP contribution is -2.34. The predicted molar refractivity (Wildman–Crippen MR) is 98.5 cm³/mol. The number of carbonyl (C=O) groups is 1. The first kappa shape index (κ1) is 16.7. The molecule has 0 aromatic heterocycles. The highest BCUT2D eigenvalue weighted by atomic mass is 127. The van der Waals surface area contributed by atoms with E-state index >= 15 is 0 Å². The van der Waals surface area contributed by atoms with Crippen molar-refractivity contribution in [2.45, 2.75) is 32.2 Å². The van der Waals surface area contributed by atoms with Gasteiger partial charge in [-0.3, -0.25) is 9.79 Å². The molecule has 0 saturated heterocycles. The number of phenols is 1. The Labute approximate surface area is 149 Å². The standard InChI is InChI=1S/C14H14I2N2O3/c1-3-14(6-11(19)20)7(2)17-13(18-14)8-4-9(15)12(21)10(16)5-8/h4-5,21H,3,6H2,1-2H3,(H,19,20). The van der Waals surface area contributed by atoms with Gasteiger partial charge in [-0.25, -0.2) is 4.99 Å². The van der Waals surface area contributed by atoms with Gasteiger partial charge in [0.15, 0.2) is 5.84 Å². The molecule has 1 aromatic rings. The first-order valence-corrected chi connectivity index (χ1v) is 8.50. The molecule has 112 valence electrons. The average Bonchev–Trinajstić information content (AvgIpc) is 2.72. The van der Waals surface area contributed by atoms with E-state index in [0.717, 1.165) is 18.4 Å². The summed E-state index contributed by atoms with van der Waals surface area (Å²) in [5.41, 5.74) is 0.762. The summed E-state index contributed by atoms with van der Waals surface area (Å²) in [6, 6.07) is 3.61. The number of carboxylic acid groups (broad SMARTS) is 1. The van der Waals surface area contributed by atoms with Gasteiger partial charge in [-0.2, -0.15) is 0 Å². The van der Waals surface area contributed by atoms with E-state index in [9.17, 15) is 9.90 Å². The summed E-state index contributed by atoms with van der Waals surface area (Å²) in [5, 5.41) is 18.9. The van der Waals surface area contributed by atoms with Crippen LogP contribution in [-0.4, -0.2) is 33.3 Å². The summed E-state index contributed by atoms with van der Waals surface area (Å²) in [7, 11) is 0. The summed E-state index contributed by atoms with van der Waals surface area (Å²) in [4.78, 5) is 20.1. The van der Waals surface area contributed by atoms with Crippen molar-refractivity contribution in [3.8, 4) is 5.75 Å². The molecule has 0 amide bonds. The van der Waals surface area contributed by atoms with Crippen molar-refractivity contribution in [3.05, 3.63) is 24.8 Å². The van der Waals surface area contributed by atoms with E-state index in [4.69, 9.17) is 5.11 Å². The number of aromatic hydroxyl groups is 1. The second-order valence-electron chi connectivity index (χ2n) is 4.88. The molecule has 1 atom stereocenters. The van der Waals surface area contributed by atoms with Crippen LogP contribution in [0.15, 0.2) is 22.1 Å². The van der Waals surface area contributed by atoms with Crippen LogP contribution < -0.4 is 0 Å². The first-order valence-electron chi connectivity index (χ1n) is 6.35. The monoisotopic (exact) mass is 512 g/mol. The number of aliphatic imine (C=N–C) groups is 2. The molecular formula is C14H14I2N2O3. The second kappa shape index (κ2) is 6.19. The van der Waals surface area contributed by atoms with Gasteiger partial charge in [-0.15, -0.1) is 0 Å². The highest BCUT2D eigenvalue weighted by Crippen LogP contribution is 2.32. The van der Waals surface area contributed by atoms with Gasteiger partial charge in [0.2, 0.25) is 0 Å². The van der Waals surface area contributed by atoms with Crippen LogP contribution in [0.2, 0.25) is 0 Å². The van der Waals surface area contributed by atoms with E-state index < -0.39 is 11.5 Å². The molecule has 1 aliphatic rings. The van der Waals surface area contributed by atoms with Crippen LogP contribution in [-0.2, 0) is 4.79 Å². The van der Waals surface area contributed by atoms with Crippen LogP contribution in [0.1, 0.15) is 32.3 Å². The zero-order valence-electron chi connectivity index (χ0n) is 11.5. The zero-order chi connectivity index (χ0) is 15.8. The third-order valence-electron chi connectivity index (χ3n) is 3.57. The number of amidine groups is 1. The molecule has 0 fully saturated rings. The van der Waals surface area contributed by atoms with Crippen molar-refractivity contribution in [1.29, 1.82) is 0 Å². The van der Waals surface area contributed by atoms with Gasteiger partial charge in [0.1, 0.15) is 11.3 Å². The Morgan fingerprint density at radius 3 is 2.38 bits per heavy atom.